The van der Waals surface area contributed by atoms with Crippen molar-refractivity contribution in [2.24, 2.45) is 5.92 Å². The largest absolute Gasteiger partial charge is 0.396 e. The summed E-state index contributed by atoms with van der Waals surface area (Å²) in [4.78, 5) is 2.40. The van der Waals surface area contributed by atoms with Crippen molar-refractivity contribution in [1.29, 1.82) is 0 Å². The minimum absolute atomic E-state index is 0.342. The summed E-state index contributed by atoms with van der Waals surface area (Å²) >= 11 is 0. The first kappa shape index (κ1) is 11.4. The van der Waals surface area contributed by atoms with Crippen molar-refractivity contribution in [2.75, 3.05) is 24.6 Å². The lowest BCUT2D eigenvalue weighted by Crippen LogP contribution is -2.47. The number of piperidine rings is 1. The van der Waals surface area contributed by atoms with E-state index in [1.165, 1.54) is 11.3 Å². The van der Waals surface area contributed by atoms with Gasteiger partial charge in [-0.15, -0.1) is 0 Å². The first-order valence-corrected chi connectivity index (χ1v) is 6.07. The molecule has 88 valence electrons. The number of quaternary nitrogens is 1. The lowest BCUT2D eigenvalue weighted by atomic mass is 9.97. The molecule has 3 nitrogen and oxygen atoms in total. The van der Waals surface area contributed by atoms with E-state index < -0.39 is 0 Å². The molecular weight excluding hydrogens is 200 g/mol. The van der Waals surface area contributed by atoms with Gasteiger partial charge in [0, 0.05) is 30.9 Å². The van der Waals surface area contributed by atoms with Gasteiger partial charge in [-0.3, -0.25) is 0 Å². The molecule has 0 spiro atoms. The molecule has 0 amide bonds. The lowest BCUT2D eigenvalue weighted by Gasteiger charge is -2.32. The molecule has 1 aromatic carbocycles. The molecule has 16 heavy (non-hydrogen) atoms. The standard InChI is InChI=1S/C13H20N2O/c14-9-11-1-3-13(4-2-11)15-7-5-12(10-16)6-8-15/h1-4,12,16H,5-10,14H2/p+1. The van der Waals surface area contributed by atoms with Crippen LogP contribution in [0.3, 0.4) is 0 Å². The number of nitrogens with zero attached hydrogens (tertiary/aromatic N) is 1. The highest BCUT2D eigenvalue weighted by Crippen LogP contribution is 2.23. The number of hydrogen-bond donors (Lipinski definition) is 2. The van der Waals surface area contributed by atoms with E-state index >= 15 is 0 Å². The van der Waals surface area contributed by atoms with E-state index in [0.29, 0.717) is 12.5 Å². The van der Waals surface area contributed by atoms with Crippen LogP contribution < -0.4 is 10.6 Å². The summed E-state index contributed by atoms with van der Waals surface area (Å²) in [5.41, 5.74) is 6.46. The molecule has 0 bridgehead atoms. The predicted molar refractivity (Wildman–Crippen MR) is 65.1 cm³/mol. The van der Waals surface area contributed by atoms with Crippen LogP contribution in [-0.4, -0.2) is 24.8 Å². The van der Waals surface area contributed by atoms with Gasteiger partial charge in [-0.2, -0.15) is 0 Å². The van der Waals surface area contributed by atoms with Crippen molar-refractivity contribution >= 4 is 5.69 Å². The average Bonchev–Trinajstić information content (AvgIpc) is 2.39. The third kappa shape index (κ3) is 2.54. The summed E-state index contributed by atoms with van der Waals surface area (Å²) in [5, 5.41) is 9.09. The zero-order valence-electron chi connectivity index (χ0n) is 9.73. The fourth-order valence-electron chi connectivity index (χ4n) is 2.25. The first-order chi connectivity index (χ1) is 7.83. The van der Waals surface area contributed by atoms with E-state index in [-0.39, 0.29) is 0 Å². The molecule has 1 aliphatic rings. The van der Waals surface area contributed by atoms with Gasteiger partial charge >= 0.3 is 0 Å². The Labute approximate surface area is 96.9 Å². The minimum Gasteiger partial charge on any atom is -0.396 e. The van der Waals surface area contributed by atoms with Crippen LogP contribution in [0.25, 0.3) is 0 Å². The third-order valence-corrected chi connectivity index (χ3v) is 3.46. The molecule has 0 aromatic heterocycles. The van der Waals surface area contributed by atoms with Gasteiger partial charge in [0.2, 0.25) is 0 Å². The molecule has 1 saturated heterocycles. The monoisotopic (exact) mass is 221 g/mol. The molecule has 1 aliphatic heterocycles. The van der Waals surface area contributed by atoms with E-state index in [4.69, 9.17) is 5.11 Å². The molecule has 4 N–H and O–H groups in total. The molecular formula is C13H21N2O+. The van der Waals surface area contributed by atoms with E-state index in [0.717, 1.165) is 32.5 Å². The second-order valence-electron chi connectivity index (χ2n) is 4.53. The Morgan fingerprint density at radius 1 is 1.19 bits per heavy atom. The van der Waals surface area contributed by atoms with Gasteiger partial charge in [0.05, 0.1) is 6.54 Å². The maximum Gasteiger partial charge on any atom is 0.0997 e. The van der Waals surface area contributed by atoms with E-state index in [1.807, 2.05) is 0 Å². The van der Waals surface area contributed by atoms with E-state index in [1.54, 1.807) is 0 Å². The number of anilines is 1. The van der Waals surface area contributed by atoms with Gasteiger partial charge in [0.15, 0.2) is 0 Å². The predicted octanol–water partition coefficient (Wildman–Crippen LogP) is 0.637. The molecule has 0 saturated carbocycles. The molecule has 1 fully saturated rings. The summed E-state index contributed by atoms with van der Waals surface area (Å²) in [7, 11) is 0. The second kappa shape index (κ2) is 5.32. The SMILES string of the molecule is [NH3+]Cc1ccc(N2CCC(CO)CC2)cc1. The smallest absolute Gasteiger partial charge is 0.0997 e. The fraction of sp³-hybridized carbons (Fsp3) is 0.538. The highest BCUT2D eigenvalue weighted by Gasteiger charge is 2.18. The van der Waals surface area contributed by atoms with Crippen LogP contribution in [0.4, 0.5) is 5.69 Å². The average molecular weight is 221 g/mol. The van der Waals surface area contributed by atoms with Crippen molar-refractivity contribution < 1.29 is 10.8 Å². The van der Waals surface area contributed by atoms with Crippen LogP contribution in [0.15, 0.2) is 24.3 Å². The third-order valence-electron chi connectivity index (χ3n) is 3.46. The Hall–Kier alpha value is -1.06. The minimum atomic E-state index is 0.342. The van der Waals surface area contributed by atoms with Crippen LogP contribution in [0, 0.1) is 5.92 Å². The van der Waals surface area contributed by atoms with Crippen molar-refractivity contribution in [3.63, 3.8) is 0 Å². The molecule has 0 atom stereocenters. The molecule has 2 rings (SSSR count). The zero-order valence-corrected chi connectivity index (χ0v) is 9.73. The van der Waals surface area contributed by atoms with Gasteiger partial charge in [-0.1, -0.05) is 12.1 Å². The van der Waals surface area contributed by atoms with Crippen molar-refractivity contribution in [2.45, 2.75) is 19.4 Å². The molecule has 3 heteroatoms. The van der Waals surface area contributed by atoms with Crippen molar-refractivity contribution in [3.05, 3.63) is 29.8 Å². The van der Waals surface area contributed by atoms with Gasteiger partial charge in [-0.25, -0.2) is 0 Å². The molecule has 0 radical (unpaired) electrons. The molecule has 0 unspecified atom stereocenters. The van der Waals surface area contributed by atoms with Crippen LogP contribution in [0.2, 0.25) is 0 Å². The summed E-state index contributed by atoms with van der Waals surface area (Å²) in [5.74, 6) is 0.510. The van der Waals surface area contributed by atoms with Crippen LogP contribution in [0.5, 0.6) is 0 Å². The Morgan fingerprint density at radius 2 is 1.81 bits per heavy atom. The number of hydrogen-bond acceptors (Lipinski definition) is 2. The van der Waals surface area contributed by atoms with Crippen LogP contribution >= 0.6 is 0 Å². The van der Waals surface area contributed by atoms with E-state index in [9.17, 15) is 0 Å². The fourth-order valence-corrected chi connectivity index (χ4v) is 2.25. The number of aliphatic hydroxyl groups excluding tert-OH is 1. The van der Waals surface area contributed by atoms with Crippen LogP contribution in [0.1, 0.15) is 18.4 Å². The molecule has 1 aromatic rings. The summed E-state index contributed by atoms with van der Waals surface area (Å²) in [6, 6.07) is 8.67. The van der Waals surface area contributed by atoms with Gasteiger partial charge in [-0.05, 0) is 30.9 Å². The Bertz CT molecular complexity index is 315. The summed E-state index contributed by atoms with van der Waals surface area (Å²) < 4.78 is 0. The summed E-state index contributed by atoms with van der Waals surface area (Å²) in [6.07, 6.45) is 2.21. The van der Waals surface area contributed by atoms with Gasteiger partial charge in [0.25, 0.3) is 0 Å². The molecule has 1 heterocycles. The zero-order chi connectivity index (χ0) is 11.4. The summed E-state index contributed by atoms with van der Waals surface area (Å²) in [6.45, 7) is 3.32. The topological polar surface area (TPSA) is 51.1 Å². The quantitative estimate of drug-likeness (QED) is 0.787. The number of rotatable bonds is 3. The van der Waals surface area contributed by atoms with Gasteiger partial charge in [0.1, 0.15) is 0 Å². The second-order valence-corrected chi connectivity index (χ2v) is 4.53. The van der Waals surface area contributed by atoms with Crippen molar-refractivity contribution in [3.8, 4) is 0 Å². The first-order valence-electron chi connectivity index (χ1n) is 6.07. The van der Waals surface area contributed by atoms with Gasteiger partial charge < -0.3 is 15.7 Å². The Kier molecular flexibility index (Phi) is 3.80. The number of benzene rings is 1. The van der Waals surface area contributed by atoms with Crippen molar-refractivity contribution in [1.82, 2.24) is 0 Å². The van der Waals surface area contributed by atoms with Crippen LogP contribution in [-0.2, 0) is 6.54 Å². The Balaban J connectivity index is 1.97. The number of aliphatic hydroxyl groups is 1. The highest BCUT2D eigenvalue weighted by atomic mass is 16.3. The van der Waals surface area contributed by atoms with E-state index in [2.05, 4.69) is 34.9 Å². The normalized spacial score (nSPS) is 17.8. The maximum absolute atomic E-state index is 9.09. The Morgan fingerprint density at radius 3 is 2.31 bits per heavy atom. The lowest BCUT2D eigenvalue weighted by molar-refractivity contribution is -0.386. The highest BCUT2D eigenvalue weighted by molar-refractivity contribution is 5.47. The molecule has 0 aliphatic carbocycles. The maximum atomic E-state index is 9.09.